The lowest BCUT2D eigenvalue weighted by Gasteiger charge is -2.34. The number of rotatable bonds is 11. The topological polar surface area (TPSA) is 44.8 Å². The summed E-state index contributed by atoms with van der Waals surface area (Å²) in [4.78, 5) is 17.2. The molecule has 7 heteroatoms. The fraction of sp³-hybridized carbons (Fsp3) is 0.519. The minimum absolute atomic E-state index is 0.0444. The fourth-order valence-corrected chi connectivity index (χ4v) is 7.20. The maximum Gasteiger partial charge on any atom is 0.257 e. The van der Waals surface area contributed by atoms with Crippen LogP contribution in [-0.4, -0.2) is 73.1 Å². The van der Waals surface area contributed by atoms with Crippen LogP contribution in [-0.2, 0) is 11.3 Å². The van der Waals surface area contributed by atoms with Crippen molar-refractivity contribution in [1.82, 2.24) is 15.1 Å². The number of benzene rings is 2. The molecule has 0 atom stereocenters. The molecule has 184 valence electrons. The van der Waals surface area contributed by atoms with Crippen molar-refractivity contribution in [1.29, 1.82) is 0 Å². The van der Waals surface area contributed by atoms with Crippen molar-refractivity contribution in [2.45, 2.75) is 30.4 Å². The van der Waals surface area contributed by atoms with Crippen LogP contribution in [0.5, 0.6) is 5.75 Å². The van der Waals surface area contributed by atoms with E-state index in [2.05, 4.69) is 57.6 Å². The number of amides is 1. The molecule has 34 heavy (non-hydrogen) atoms. The molecule has 2 aromatic rings. The average Bonchev–Trinajstić information content (AvgIpc) is 2.90. The van der Waals surface area contributed by atoms with E-state index in [1.165, 1.54) is 29.1 Å². The lowest BCUT2D eigenvalue weighted by Crippen LogP contribution is -2.46. The van der Waals surface area contributed by atoms with Gasteiger partial charge in [0.25, 0.3) is 5.91 Å². The molecule has 0 spiro atoms. The van der Waals surface area contributed by atoms with Gasteiger partial charge in [0.1, 0.15) is 5.75 Å². The van der Waals surface area contributed by atoms with Gasteiger partial charge in [-0.2, -0.15) is 0 Å². The van der Waals surface area contributed by atoms with Crippen molar-refractivity contribution in [3.8, 4) is 5.75 Å². The van der Waals surface area contributed by atoms with E-state index in [0.717, 1.165) is 57.9 Å². The second-order valence-electron chi connectivity index (χ2n) is 8.95. The molecule has 5 nitrogen and oxygen atoms in total. The largest absolute Gasteiger partial charge is 0.484 e. The zero-order valence-electron chi connectivity index (χ0n) is 20.0. The van der Waals surface area contributed by atoms with Crippen LogP contribution in [0, 0.1) is 0 Å². The molecule has 0 radical (unpaired) electrons. The van der Waals surface area contributed by atoms with Gasteiger partial charge in [0, 0.05) is 39.3 Å². The zero-order valence-corrected chi connectivity index (χ0v) is 21.6. The Morgan fingerprint density at radius 2 is 1.62 bits per heavy atom. The van der Waals surface area contributed by atoms with Crippen LogP contribution in [0.4, 0.5) is 0 Å². The van der Waals surface area contributed by atoms with E-state index in [-0.39, 0.29) is 12.5 Å². The van der Waals surface area contributed by atoms with Crippen LogP contribution in [0.2, 0.25) is 0 Å². The van der Waals surface area contributed by atoms with Gasteiger partial charge in [0.15, 0.2) is 6.61 Å². The Kier molecular flexibility index (Phi) is 10.5. The highest BCUT2D eigenvalue weighted by molar-refractivity contribution is 8.16. The van der Waals surface area contributed by atoms with Crippen molar-refractivity contribution in [2.24, 2.45) is 0 Å². The first-order chi connectivity index (χ1) is 16.8. The highest BCUT2D eigenvalue weighted by atomic mass is 32.2. The van der Waals surface area contributed by atoms with E-state index < -0.39 is 0 Å². The molecule has 2 aliphatic heterocycles. The number of ether oxygens (including phenoxy) is 1. The molecule has 2 saturated heterocycles. The van der Waals surface area contributed by atoms with E-state index in [4.69, 9.17) is 4.74 Å². The second-order valence-corrected chi connectivity index (χ2v) is 11.7. The zero-order chi connectivity index (χ0) is 23.4. The molecule has 0 aromatic heterocycles. The Balaban J connectivity index is 1.03. The number of thioether (sulfide) groups is 2. The molecular formula is C27H37N3O2S2. The molecular weight excluding hydrogens is 462 g/mol. The summed E-state index contributed by atoms with van der Waals surface area (Å²) in [7, 11) is 0. The Morgan fingerprint density at radius 3 is 2.35 bits per heavy atom. The highest BCUT2D eigenvalue weighted by Gasteiger charge is 2.17. The van der Waals surface area contributed by atoms with E-state index in [0.29, 0.717) is 11.1 Å². The third kappa shape index (κ3) is 8.52. The summed E-state index contributed by atoms with van der Waals surface area (Å²) in [6, 6.07) is 18.9. The molecule has 0 unspecified atom stereocenters. The second kappa shape index (κ2) is 14.0. The number of hydrogen-bond donors (Lipinski definition) is 1. The SMILES string of the molecule is O=C(COc1ccc(C2SCCCS2)cc1)NCCCCN1CCN(Cc2ccccc2)CC1. The van der Waals surface area contributed by atoms with E-state index in [9.17, 15) is 4.79 Å². The minimum Gasteiger partial charge on any atom is -0.484 e. The Morgan fingerprint density at radius 1 is 0.912 bits per heavy atom. The van der Waals surface area contributed by atoms with Crippen molar-refractivity contribution in [3.05, 3.63) is 65.7 Å². The number of nitrogens with zero attached hydrogens (tertiary/aromatic N) is 2. The smallest absolute Gasteiger partial charge is 0.257 e. The molecule has 1 amide bonds. The van der Waals surface area contributed by atoms with Gasteiger partial charge in [-0.05, 0) is 60.6 Å². The van der Waals surface area contributed by atoms with Crippen LogP contribution < -0.4 is 10.1 Å². The quantitative estimate of drug-likeness (QED) is 0.454. The summed E-state index contributed by atoms with van der Waals surface area (Å²) >= 11 is 4.03. The van der Waals surface area contributed by atoms with Crippen LogP contribution in [0.15, 0.2) is 54.6 Å². The predicted octanol–water partition coefficient (Wildman–Crippen LogP) is 4.65. The summed E-state index contributed by atoms with van der Waals surface area (Å²) in [6.45, 7) is 7.46. The number of carbonyl (C=O) groups excluding carboxylic acids is 1. The molecule has 0 saturated carbocycles. The van der Waals surface area contributed by atoms with Crippen molar-refractivity contribution < 1.29 is 9.53 Å². The van der Waals surface area contributed by atoms with Gasteiger partial charge in [-0.3, -0.25) is 9.69 Å². The standard InChI is InChI=1S/C27H37N3O2S2/c31-26(22-32-25-11-9-24(10-12-25)27-33-19-6-20-34-27)28-13-4-5-14-29-15-17-30(18-16-29)21-23-7-2-1-3-8-23/h1-3,7-12,27H,4-6,13-22H2,(H,28,31). The number of nitrogens with one attached hydrogen (secondary N) is 1. The van der Waals surface area contributed by atoms with Gasteiger partial charge in [0.05, 0.1) is 4.58 Å². The van der Waals surface area contributed by atoms with Gasteiger partial charge in [-0.25, -0.2) is 0 Å². The minimum atomic E-state index is -0.0444. The number of carbonyl (C=O) groups is 1. The van der Waals surface area contributed by atoms with E-state index in [1.54, 1.807) is 0 Å². The average molecular weight is 500 g/mol. The Bertz CT molecular complexity index is 852. The predicted molar refractivity (Wildman–Crippen MR) is 145 cm³/mol. The molecule has 1 N–H and O–H groups in total. The molecule has 0 bridgehead atoms. The molecule has 4 rings (SSSR count). The van der Waals surface area contributed by atoms with Gasteiger partial charge >= 0.3 is 0 Å². The number of unbranched alkanes of at least 4 members (excludes halogenated alkanes) is 1. The van der Waals surface area contributed by atoms with E-state index in [1.807, 2.05) is 35.7 Å². The molecule has 2 heterocycles. The van der Waals surface area contributed by atoms with Gasteiger partial charge in [0.2, 0.25) is 0 Å². The summed E-state index contributed by atoms with van der Waals surface area (Å²) in [5.74, 6) is 3.19. The summed E-state index contributed by atoms with van der Waals surface area (Å²) in [5.41, 5.74) is 2.73. The Labute approximate surface area is 213 Å². The first-order valence-electron chi connectivity index (χ1n) is 12.5. The van der Waals surface area contributed by atoms with Gasteiger partial charge in [-0.1, -0.05) is 42.5 Å². The summed E-state index contributed by atoms with van der Waals surface area (Å²) in [5, 5.41) is 2.99. The maximum atomic E-state index is 12.1. The molecule has 2 aromatic carbocycles. The molecule has 2 fully saturated rings. The monoisotopic (exact) mass is 499 g/mol. The van der Waals surface area contributed by atoms with E-state index >= 15 is 0 Å². The van der Waals surface area contributed by atoms with Gasteiger partial charge < -0.3 is 15.0 Å². The first-order valence-corrected chi connectivity index (χ1v) is 14.6. The van der Waals surface area contributed by atoms with Crippen molar-refractivity contribution in [2.75, 3.05) is 57.4 Å². The van der Waals surface area contributed by atoms with Crippen LogP contribution >= 0.6 is 23.5 Å². The molecule has 0 aliphatic carbocycles. The highest BCUT2D eigenvalue weighted by Crippen LogP contribution is 2.43. The van der Waals surface area contributed by atoms with Gasteiger partial charge in [-0.15, -0.1) is 23.5 Å². The Hall–Kier alpha value is -1.67. The van der Waals surface area contributed by atoms with Crippen LogP contribution in [0.25, 0.3) is 0 Å². The van der Waals surface area contributed by atoms with Crippen LogP contribution in [0.3, 0.4) is 0 Å². The normalized spacial score (nSPS) is 18.0. The number of piperazine rings is 1. The summed E-state index contributed by atoms with van der Waals surface area (Å²) in [6.07, 6.45) is 3.41. The lowest BCUT2D eigenvalue weighted by molar-refractivity contribution is -0.123. The molecule has 2 aliphatic rings. The number of hydrogen-bond acceptors (Lipinski definition) is 6. The fourth-order valence-electron chi connectivity index (χ4n) is 4.30. The first kappa shape index (κ1) is 25.4. The lowest BCUT2D eigenvalue weighted by atomic mass is 10.2. The maximum absolute atomic E-state index is 12.1. The third-order valence-electron chi connectivity index (χ3n) is 6.29. The summed E-state index contributed by atoms with van der Waals surface area (Å²) < 4.78 is 6.21. The van der Waals surface area contributed by atoms with Crippen molar-refractivity contribution >= 4 is 29.4 Å². The third-order valence-corrected chi connectivity index (χ3v) is 9.30. The van der Waals surface area contributed by atoms with Crippen LogP contribution in [0.1, 0.15) is 35.0 Å². The van der Waals surface area contributed by atoms with Crippen molar-refractivity contribution in [3.63, 3.8) is 0 Å².